The third kappa shape index (κ3) is 3.18. The average molecular weight is 363 g/mol. The minimum atomic E-state index is -1.34. The van der Waals surface area contributed by atoms with Gasteiger partial charge in [0, 0.05) is 32.7 Å². The topological polar surface area (TPSA) is 20.2 Å². The molecule has 0 saturated carbocycles. The van der Waals surface area contributed by atoms with Gasteiger partial charge in [-0.25, -0.2) is 22.0 Å². The number of phenols is 1. The number of halogens is 5. The van der Waals surface area contributed by atoms with E-state index in [4.69, 9.17) is 5.11 Å². The van der Waals surface area contributed by atoms with E-state index in [1.165, 1.54) is 0 Å². The zero-order valence-corrected chi connectivity index (χ0v) is 12.8. The summed E-state index contributed by atoms with van der Waals surface area (Å²) in [4.78, 5) is 0. The molecule has 20 heavy (non-hydrogen) atoms. The molecule has 2 rings (SSSR count). The fourth-order valence-corrected chi connectivity index (χ4v) is 1.69. The van der Waals surface area contributed by atoms with Crippen LogP contribution in [-0.4, -0.2) is 5.11 Å². The summed E-state index contributed by atoms with van der Waals surface area (Å²) in [7, 11) is 0. The van der Waals surface area contributed by atoms with Crippen molar-refractivity contribution >= 4 is 0 Å². The van der Waals surface area contributed by atoms with Crippen LogP contribution in [0, 0.1) is 23.3 Å². The maximum absolute atomic E-state index is 13.6. The Balaban J connectivity index is 0.00000200. The molecule has 1 radical (unpaired) electrons. The van der Waals surface area contributed by atoms with Gasteiger partial charge in [-0.05, 0) is 35.4 Å². The molecule has 0 aromatic heterocycles. The molecule has 0 spiro atoms. The molecule has 0 fully saturated rings. The van der Waals surface area contributed by atoms with Crippen molar-refractivity contribution in [3.05, 3.63) is 53.1 Å². The Morgan fingerprint density at radius 1 is 0.800 bits per heavy atom. The van der Waals surface area contributed by atoms with Crippen LogP contribution in [0.1, 0.15) is 5.56 Å². The molecular formula is C13H7F5OY. The SMILES string of the molecule is Oc1c(F)cc(-c2c(F)cc(CF)cc2F)cc1F.[Y]. The van der Waals surface area contributed by atoms with Crippen molar-refractivity contribution in [2.24, 2.45) is 0 Å². The Bertz CT molecular complexity index is 599. The predicted octanol–water partition coefficient (Wildman–Crippen LogP) is 4.08. The summed E-state index contributed by atoms with van der Waals surface area (Å²) < 4.78 is 65.9. The van der Waals surface area contributed by atoms with Gasteiger partial charge >= 0.3 is 0 Å². The Morgan fingerprint density at radius 3 is 1.65 bits per heavy atom. The van der Waals surface area contributed by atoms with Gasteiger partial charge in [0.15, 0.2) is 17.4 Å². The monoisotopic (exact) mass is 363 g/mol. The number of benzene rings is 2. The first-order valence-electron chi connectivity index (χ1n) is 5.16. The molecule has 7 heteroatoms. The number of hydrogen-bond acceptors (Lipinski definition) is 1. The van der Waals surface area contributed by atoms with Gasteiger partial charge in [0.1, 0.15) is 18.3 Å². The molecule has 0 aliphatic carbocycles. The Hall–Kier alpha value is -1.01. The van der Waals surface area contributed by atoms with Crippen molar-refractivity contribution in [2.75, 3.05) is 0 Å². The summed E-state index contributed by atoms with van der Waals surface area (Å²) in [6.45, 7) is -1.06. The summed E-state index contributed by atoms with van der Waals surface area (Å²) >= 11 is 0. The van der Waals surface area contributed by atoms with E-state index >= 15 is 0 Å². The number of phenolic OH excluding ortho intramolecular Hbond substituents is 1. The van der Waals surface area contributed by atoms with E-state index in [1.54, 1.807) is 0 Å². The standard InChI is InChI=1S/C13H7F5O.Y/c14-5-6-1-8(15)12(9(16)2-6)7-3-10(17)13(19)11(18)4-7;/h1-4,19H,5H2;. The first kappa shape index (κ1) is 17.0. The van der Waals surface area contributed by atoms with Gasteiger partial charge in [-0.15, -0.1) is 0 Å². The van der Waals surface area contributed by atoms with Gasteiger partial charge in [0.25, 0.3) is 0 Å². The first-order chi connectivity index (χ1) is 8.93. The van der Waals surface area contributed by atoms with E-state index in [0.717, 1.165) is 12.1 Å². The van der Waals surface area contributed by atoms with Crippen molar-refractivity contribution in [3.8, 4) is 16.9 Å². The first-order valence-corrected chi connectivity index (χ1v) is 5.16. The molecule has 0 heterocycles. The number of aromatic hydroxyl groups is 1. The molecule has 0 saturated heterocycles. The van der Waals surface area contributed by atoms with E-state index in [2.05, 4.69) is 0 Å². The maximum Gasteiger partial charge on any atom is 0.187 e. The van der Waals surface area contributed by atoms with Crippen LogP contribution in [0.4, 0.5) is 22.0 Å². The molecule has 2 aromatic carbocycles. The smallest absolute Gasteiger partial charge is 0.187 e. The summed E-state index contributed by atoms with van der Waals surface area (Å²) in [5, 5.41) is 8.91. The van der Waals surface area contributed by atoms with Gasteiger partial charge in [-0.2, -0.15) is 0 Å². The van der Waals surface area contributed by atoms with E-state index < -0.39 is 46.8 Å². The van der Waals surface area contributed by atoms with Crippen LogP contribution >= 0.6 is 0 Å². The van der Waals surface area contributed by atoms with Crippen LogP contribution in [0.15, 0.2) is 24.3 Å². The summed E-state index contributed by atoms with van der Waals surface area (Å²) in [5.74, 6) is -6.20. The Kier molecular flexibility index (Phi) is 5.65. The molecule has 0 atom stereocenters. The van der Waals surface area contributed by atoms with Crippen molar-refractivity contribution < 1.29 is 59.8 Å². The van der Waals surface area contributed by atoms with Gasteiger partial charge < -0.3 is 5.11 Å². The zero-order chi connectivity index (χ0) is 14.2. The molecule has 0 aliphatic heterocycles. The van der Waals surface area contributed by atoms with Crippen molar-refractivity contribution in [1.82, 2.24) is 0 Å². The van der Waals surface area contributed by atoms with Crippen LogP contribution in [-0.2, 0) is 39.4 Å². The van der Waals surface area contributed by atoms with Crippen LogP contribution in [0.5, 0.6) is 5.75 Å². The number of rotatable bonds is 2. The summed E-state index contributed by atoms with van der Waals surface area (Å²) in [6.07, 6.45) is 0. The van der Waals surface area contributed by atoms with E-state index in [0.29, 0.717) is 12.1 Å². The van der Waals surface area contributed by atoms with E-state index in [-0.39, 0.29) is 38.3 Å². The number of alkyl halides is 1. The Labute approximate surface area is 136 Å². The molecule has 0 amide bonds. The largest absolute Gasteiger partial charge is 0.503 e. The summed E-state index contributed by atoms with van der Waals surface area (Å²) in [6, 6.07) is 2.66. The van der Waals surface area contributed by atoms with Crippen LogP contribution in [0.25, 0.3) is 11.1 Å². The van der Waals surface area contributed by atoms with Gasteiger partial charge in [0.05, 0.1) is 5.56 Å². The van der Waals surface area contributed by atoms with Crippen molar-refractivity contribution in [1.29, 1.82) is 0 Å². The second-order valence-electron chi connectivity index (χ2n) is 3.86. The minimum absolute atomic E-state index is 0. The molecular weight excluding hydrogens is 356 g/mol. The average Bonchev–Trinajstić information content (AvgIpc) is 2.34. The Morgan fingerprint density at radius 2 is 1.25 bits per heavy atom. The quantitative estimate of drug-likeness (QED) is 0.798. The fourth-order valence-electron chi connectivity index (χ4n) is 1.69. The molecule has 1 N–H and O–H groups in total. The normalized spacial score (nSPS) is 10.2. The molecule has 103 valence electrons. The third-order valence-corrected chi connectivity index (χ3v) is 2.56. The van der Waals surface area contributed by atoms with Crippen LogP contribution in [0.3, 0.4) is 0 Å². The fraction of sp³-hybridized carbons (Fsp3) is 0.0769. The van der Waals surface area contributed by atoms with Crippen LogP contribution < -0.4 is 0 Å². The predicted molar refractivity (Wildman–Crippen MR) is 58.2 cm³/mol. The van der Waals surface area contributed by atoms with Gasteiger partial charge in [-0.3, -0.25) is 0 Å². The molecule has 1 nitrogen and oxygen atoms in total. The molecule has 2 aromatic rings. The van der Waals surface area contributed by atoms with E-state index in [1.807, 2.05) is 0 Å². The second-order valence-corrected chi connectivity index (χ2v) is 3.86. The van der Waals surface area contributed by atoms with Gasteiger partial charge in [0.2, 0.25) is 0 Å². The molecule has 0 unspecified atom stereocenters. The maximum atomic E-state index is 13.6. The molecule has 0 bridgehead atoms. The van der Waals surface area contributed by atoms with Crippen LogP contribution in [0.2, 0.25) is 0 Å². The zero-order valence-electron chi connectivity index (χ0n) is 9.93. The minimum Gasteiger partial charge on any atom is -0.503 e. The van der Waals surface area contributed by atoms with E-state index in [9.17, 15) is 22.0 Å². The molecule has 0 aliphatic rings. The van der Waals surface area contributed by atoms with Crippen molar-refractivity contribution in [2.45, 2.75) is 6.67 Å². The number of hydrogen-bond donors (Lipinski definition) is 1. The van der Waals surface area contributed by atoms with Crippen molar-refractivity contribution in [3.63, 3.8) is 0 Å². The third-order valence-electron chi connectivity index (χ3n) is 2.56. The van der Waals surface area contributed by atoms with Gasteiger partial charge in [-0.1, -0.05) is 0 Å². The second kappa shape index (κ2) is 6.63. The summed E-state index contributed by atoms with van der Waals surface area (Å²) in [5.41, 5.74) is -1.33.